The summed E-state index contributed by atoms with van der Waals surface area (Å²) >= 11 is 0. The first-order chi connectivity index (χ1) is 9.66. The Morgan fingerprint density at radius 1 is 1.10 bits per heavy atom. The number of piperidine rings is 2. The lowest BCUT2D eigenvalue weighted by molar-refractivity contribution is -0.142. The molecule has 0 radical (unpaired) electrons. The maximum atomic E-state index is 12.9. The molecule has 0 spiro atoms. The van der Waals surface area contributed by atoms with E-state index in [1.807, 2.05) is 0 Å². The summed E-state index contributed by atoms with van der Waals surface area (Å²) in [6.45, 7) is 8.68. The lowest BCUT2D eigenvalue weighted by Gasteiger charge is -2.48. The Morgan fingerprint density at radius 2 is 1.95 bits per heavy atom. The van der Waals surface area contributed by atoms with Crippen molar-refractivity contribution in [3.05, 3.63) is 0 Å². The number of carbonyl (C=O) groups is 1. The van der Waals surface area contributed by atoms with E-state index in [1.165, 1.54) is 38.6 Å². The number of piperazine rings is 1. The quantitative estimate of drug-likeness (QED) is 0.789. The minimum Gasteiger partial charge on any atom is -0.336 e. The van der Waals surface area contributed by atoms with Crippen molar-refractivity contribution >= 4 is 5.91 Å². The van der Waals surface area contributed by atoms with Crippen molar-refractivity contribution in [3.63, 3.8) is 0 Å². The third kappa shape index (κ3) is 2.73. The highest BCUT2D eigenvalue weighted by atomic mass is 16.2. The van der Waals surface area contributed by atoms with Crippen molar-refractivity contribution in [2.24, 2.45) is 5.92 Å². The molecule has 1 N–H and O–H groups in total. The van der Waals surface area contributed by atoms with E-state index in [9.17, 15) is 4.79 Å². The van der Waals surface area contributed by atoms with Gasteiger partial charge in [-0.1, -0.05) is 13.3 Å². The molecule has 0 aromatic carbocycles. The van der Waals surface area contributed by atoms with E-state index >= 15 is 0 Å². The summed E-state index contributed by atoms with van der Waals surface area (Å²) in [4.78, 5) is 17.7. The van der Waals surface area contributed by atoms with Gasteiger partial charge in [0.15, 0.2) is 0 Å². The molecular weight excluding hydrogens is 250 g/mol. The Hall–Kier alpha value is -0.610. The van der Waals surface area contributed by atoms with E-state index in [0.717, 1.165) is 19.6 Å². The average Bonchev–Trinajstić information content (AvgIpc) is 2.46. The highest BCUT2D eigenvalue weighted by Gasteiger charge is 2.39. The van der Waals surface area contributed by atoms with Crippen molar-refractivity contribution in [2.75, 3.05) is 26.2 Å². The smallest absolute Gasteiger partial charge is 0.240 e. The summed E-state index contributed by atoms with van der Waals surface area (Å²) in [6, 6.07) is 1.04. The van der Waals surface area contributed by atoms with E-state index in [-0.39, 0.29) is 6.04 Å². The van der Waals surface area contributed by atoms with Gasteiger partial charge in [-0.05, 0) is 51.6 Å². The maximum Gasteiger partial charge on any atom is 0.240 e. The van der Waals surface area contributed by atoms with Gasteiger partial charge < -0.3 is 10.2 Å². The minimum absolute atomic E-state index is 0.0568. The number of carbonyl (C=O) groups excluding carboxylic acids is 1. The first-order valence-electron chi connectivity index (χ1n) is 8.44. The van der Waals surface area contributed by atoms with Crippen LogP contribution in [0.3, 0.4) is 0 Å². The summed E-state index contributed by atoms with van der Waals surface area (Å²) in [7, 11) is 0. The molecule has 3 aliphatic heterocycles. The monoisotopic (exact) mass is 279 g/mol. The van der Waals surface area contributed by atoms with Crippen LogP contribution in [0.4, 0.5) is 0 Å². The molecule has 0 bridgehead atoms. The molecule has 4 unspecified atom stereocenters. The topological polar surface area (TPSA) is 35.6 Å². The number of fused-ring (bicyclic) bond motifs is 1. The van der Waals surface area contributed by atoms with Crippen molar-refractivity contribution in [2.45, 2.75) is 64.1 Å². The van der Waals surface area contributed by atoms with Crippen LogP contribution in [-0.2, 0) is 4.79 Å². The summed E-state index contributed by atoms with van der Waals surface area (Å²) < 4.78 is 0. The second-order valence-corrected chi connectivity index (χ2v) is 7.04. The molecule has 3 aliphatic rings. The summed E-state index contributed by atoms with van der Waals surface area (Å²) in [6.07, 6.45) is 6.32. The van der Waals surface area contributed by atoms with Gasteiger partial charge in [-0.3, -0.25) is 9.69 Å². The van der Waals surface area contributed by atoms with Gasteiger partial charge in [0, 0.05) is 25.2 Å². The molecule has 0 saturated carbocycles. The molecule has 4 heteroatoms. The lowest BCUT2D eigenvalue weighted by atomic mass is 9.90. The van der Waals surface area contributed by atoms with E-state index in [2.05, 4.69) is 29.0 Å². The SMILES string of the molecule is CC1CCCNC1C(=O)N1CC2CCCCN2CC1C. The third-order valence-electron chi connectivity index (χ3n) is 5.51. The highest BCUT2D eigenvalue weighted by Crippen LogP contribution is 2.26. The van der Waals surface area contributed by atoms with Crippen LogP contribution in [0.2, 0.25) is 0 Å². The van der Waals surface area contributed by atoms with Crippen LogP contribution in [0, 0.1) is 5.92 Å². The van der Waals surface area contributed by atoms with Crippen LogP contribution in [-0.4, -0.2) is 60.0 Å². The van der Waals surface area contributed by atoms with E-state index in [4.69, 9.17) is 0 Å². The molecule has 20 heavy (non-hydrogen) atoms. The van der Waals surface area contributed by atoms with Gasteiger partial charge in [0.1, 0.15) is 0 Å². The fraction of sp³-hybridized carbons (Fsp3) is 0.938. The molecule has 0 aromatic heterocycles. The van der Waals surface area contributed by atoms with Crippen LogP contribution < -0.4 is 5.32 Å². The minimum atomic E-state index is 0.0568. The highest BCUT2D eigenvalue weighted by molar-refractivity contribution is 5.82. The van der Waals surface area contributed by atoms with E-state index in [1.54, 1.807) is 0 Å². The molecule has 114 valence electrons. The summed E-state index contributed by atoms with van der Waals surface area (Å²) in [5.74, 6) is 0.836. The third-order valence-corrected chi connectivity index (χ3v) is 5.51. The van der Waals surface area contributed by atoms with Crippen LogP contribution in [0.5, 0.6) is 0 Å². The number of nitrogens with zero attached hydrogens (tertiary/aromatic N) is 2. The van der Waals surface area contributed by atoms with Gasteiger partial charge in [-0.15, -0.1) is 0 Å². The van der Waals surface area contributed by atoms with Crippen molar-refractivity contribution in [3.8, 4) is 0 Å². The van der Waals surface area contributed by atoms with Crippen molar-refractivity contribution in [1.29, 1.82) is 0 Å². The Balaban J connectivity index is 1.67. The zero-order valence-corrected chi connectivity index (χ0v) is 13.0. The first-order valence-corrected chi connectivity index (χ1v) is 8.44. The molecule has 3 rings (SSSR count). The standard InChI is InChI=1S/C16H29N3O/c1-12-6-5-8-17-15(12)16(20)19-11-14-7-3-4-9-18(14)10-13(19)2/h12-15,17H,3-11H2,1-2H3. The van der Waals surface area contributed by atoms with E-state index in [0.29, 0.717) is 23.9 Å². The number of rotatable bonds is 1. The molecular formula is C16H29N3O. The molecule has 4 nitrogen and oxygen atoms in total. The zero-order valence-electron chi connectivity index (χ0n) is 13.0. The number of hydrogen-bond donors (Lipinski definition) is 1. The molecule has 4 atom stereocenters. The van der Waals surface area contributed by atoms with Gasteiger partial charge in [0.25, 0.3) is 0 Å². The zero-order chi connectivity index (χ0) is 14.1. The Bertz CT molecular complexity index is 360. The molecule has 0 aromatic rings. The molecule has 3 fully saturated rings. The van der Waals surface area contributed by atoms with Crippen LogP contribution in [0.15, 0.2) is 0 Å². The number of amides is 1. The van der Waals surface area contributed by atoms with Gasteiger partial charge in [-0.25, -0.2) is 0 Å². The van der Waals surface area contributed by atoms with Crippen LogP contribution >= 0.6 is 0 Å². The second-order valence-electron chi connectivity index (χ2n) is 7.04. The van der Waals surface area contributed by atoms with Gasteiger partial charge >= 0.3 is 0 Å². The summed E-state index contributed by atoms with van der Waals surface area (Å²) in [5, 5.41) is 3.45. The van der Waals surface area contributed by atoms with Gasteiger partial charge in [-0.2, -0.15) is 0 Å². The number of hydrogen-bond acceptors (Lipinski definition) is 3. The molecule has 3 saturated heterocycles. The predicted octanol–water partition coefficient (Wildman–Crippen LogP) is 1.46. The normalized spacial score (nSPS) is 39.4. The van der Waals surface area contributed by atoms with E-state index < -0.39 is 0 Å². The summed E-state index contributed by atoms with van der Waals surface area (Å²) in [5.41, 5.74) is 0. The predicted molar refractivity (Wildman–Crippen MR) is 80.6 cm³/mol. The Kier molecular flexibility index (Phi) is 4.32. The fourth-order valence-electron chi connectivity index (χ4n) is 4.22. The van der Waals surface area contributed by atoms with Crippen molar-refractivity contribution in [1.82, 2.24) is 15.1 Å². The maximum absolute atomic E-state index is 12.9. The fourth-order valence-corrected chi connectivity index (χ4v) is 4.22. The molecule has 0 aliphatic carbocycles. The molecule has 1 amide bonds. The Morgan fingerprint density at radius 3 is 2.75 bits per heavy atom. The van der Waals surface area contributed by atoms with Gasteiger partial charge in [0.05, 0.1) is 6.04 Å². The van der Waals surface area contributed by atoms with Gasteiger partial charge in [0.2, 0.25) is 5.91 Å². The first kappa shape index (κ1) is 14.3. The largest absolute Gasteiger partial charge is 0.336 e. The number of nitrogens with one attached hydrogen (secondary N) is 1. The van der Waals surface area contributed by atoms with Crippen LogP contribution in [0.25, 0.3) is 0 Å². The second kappa shape index (κ2) is 6.02. The Labute approximate surface area is 122 Å². The lowest BCUT2D eigenvalue weighted by Crippen LogP contribution is -2.63. The van der Waals surface area contributed by atoms with Crippen molar-refractivity contribution < 1.29 is 4.79 Å². The molecule has 3 heterocycles. The average molecular weight is 279 g/mol. The van der Waals surface area contributed by atoms with Crippen LogP contribution in [0.1, 0.15) is 46.0 Å².